The Morgan fingerprint density at radius 2 is 2.32 bits per heavy atom. The highest BCUT2D eigenvalue weighted by Gasteiger charge is 2.23. The van der Waals surface area contributed by atoms with E-state index in [-0.39, 0.29) is 18.6 Å². The van der Waals surface area contributed by atoms with E-state index < -0.39 is 0 Å². The summed E-state index contributed by atoms with van der Waals surface area (Å²) in [5, 5.41) is 7.52. The minimum Gasteiger partial charge on any atom is -0.480 e. The number of nitrogens with one attached hydrogen (secondary N) is 1. The first-order valence-corrected chi connectivity index (χ1v) is 6.60. The summed E-state index contributed by atoms with van der Waals surface area (Å²) in [5.41, 5.74) is 1.76. The summed E-state index contributed by atoms with van der Waals surface area (Å²) in [6, 6.07) is 0.284. The van der Waals surface area contributed by atoms with Gasteiger partial charge in [-0.05, 0) is 26.8 Å². The average Bonchev–Trinajstić information content (AvgIpc) is 2.97. The molecule has 1 aliphatic heterocycles. The van der Waals surface area contributed by atoms with Gasteiger partial charge in [-0.3, -0.25) is 9.48 Å². The van der Waals surface area contributed by atoms with Crippen molar-refractivity contribution in [2.45, 2.75) is 26.3 Å². The van der Waals surface area contributed by atoms with E-state index in [0.29, 0.717) is 5.75 Å². The molecule has 1 N–H and O–H groups in total. The Labute approximate surface area is 113 Å². The number of rotatable bonds is 4. The lowest BCUT2D eigenvalue weighted by Crippen LogP contribution is -2.41. The first-order valence-electron chi connectivity index (χ1n) is 6.60. The molecule has 19 heavy (non-hydrogen) atoms. The van der Waals surface area contributed by atoms with Crippen LogP contribution in [0.1, 0.15) is 17.8 Å². The van der Waals surface area contributed by atoms with Crippen LogP contribution in [0.2, 0.25) is 0 Å². The number of carbonyl (C=O) groups excluding carboxylic acids is 1. The number of hydrogen-bond acceptors (Lipinski definition) is 4. The minimum absolute atomic E-state index is 0.0105. The number of carbonyl (C=O) groups is 1. The first-order chi connectivity index (χ1) is 9.00. The molecule has 1 amide bonds. The normalized spacial score (nSPS) is 18.6. The van der Waals surface area contributed by atoms with Gasteiger partial charge < -0.3 is 15.0 Å². The second-order valence-electron chi connectivity index (χ2n) is 5.06. The van der Waals surface area contributed by atoms with Gasteiger partial charge in [-0.1, -0.05) is 0 Å². The van der Waals surface area contributed by atoms with Gasteiger partial charge in [-0.25, -0.2) is 0 Å². The number of amides is 1. The number of aromatic nitrogens is 2. The topological polar surface area (TPSA) is 59.4 Å². The molecule has 6 heteroatoms. The van der Waals surface area contributed by atoms with E-state index in [1.165, 1.54) is 0 Å². The van der Waals surface area contributed by atoms with Gasteiger partial charge in [0.15, 0.2) is 12.4 Å². The lowest BCUT2D eigenvalue weighted by atomic mass is 10.2. The fourth-order valence-corrected chi connectivity index (χ4v) is 2.37. The van der Waals surface area contributed by atoms with E-state index in [2.05, 4.69) is 10.4 Å². The zero-order valence-corrected chi connectivity index (χ0v) is 12.1. The quantitative estimate of drug-likeness (QED) is 0.848. The monoisotopic (exact) mass is 266 g/mol. The number of ether oxygens (including phenoxy) is 1. The van der Waals surface area contributed by atoms with Gasteiger partial charge in [0.05, 0.1) is 5.69 Å². The number of likely N-dealkylation sites (N-methyl/N-ethyl adjacent to an activating group) is 1. The summed E-state index contributed by atoms with van der Waals surface area (Å²) >= 11 is 0. The summed E-state index contributed by atoms with van der Waals surface area (Å²) in [4.78, 5) is 13.9. The first kappa shape index (κ1) is 13.9. The molecule has 1 saturated heterocycles. The van der Waals surface area contributed by atoms with E-state index in [1.54, 1.807) is 9.58 Å². The van der Waals surface area contributed by atoms with Crippen molar-refractivity contribution in [1.29, 1.82) is 0 Å². The molecule has 1 aromatic rings. The fraction of sp³-hybridized carbons (Fsp3) is 0.692. The third-order valence-electron chi connectivity index (χ3n) is 3.76. The molecule has 0 spiro atoms. The van der Waals surface area contributed by atoms with Crippen LogP contribution in [0.5, 0.6) is 5.75 Å². The largest absolute Gasteiger partial charge is 0.480 e. The Kier molecular flexibility index (Phi) is 4.09. The highest BCUT2D eigenvalue weighted by molar-refractivity contribution is 5.78. The van der Waals surface area contributed by atoms with Gasteiger partial charge >= 0.3 is 0 Å². The summed E-state index contributed by atoms with van der Waals surface area (Å²) in [5.74, 6) is 0.727. The smallest absolute Gasteiger partial charge is 0.260 e. The predicted molar refractivity (Wildman–Crippen MR) is 72.2 cm³/mol. The molecule has 1 unspecified atom stereocenters. The minimum atomic E-state index is 0.0105. The van der Waals surface area contributed by atoms with Crippen molar-refractivity contribution in [2.75, 3.05) is 26.7 Å². The van der Waals surface area contributed by atoms with Crippen LogP contribution < -0.4 is 10.1 Å². The molecule has 6 nitrogen and oxygen atoms in total. The van der Waals surface area contributed by atoms with Crippen molar-refractivity contribution in [1.82, 2.24) is 20.0 Å². The number of nitrogens with zero attached hydrogens (tertiary/aromatic N) is 3. The molecule has 0 radical (unpaired) electrons. The summed E-state index contributed by atoms with van der Waals surface area (Å²) in [7, 11) is 3.71. The maximum atomic E-state index is 12.1. The Bertz CT molecular complexity index is 463. The maximum absolute atomic E-state index is 12.1. The van der Waals surface area contributed by atoms with Crippen molar-refractivity contribution in [2.24, 2.45) is 7.05 Å². The van der Waals surface area contributed by atoms with Gasteiger partial charge in [0.2, 0.25) is 0 Å². The Hall–Kier alpha value is -1.56. The second-order valence-corrected chi connectivity index (χ2v) is 5.06. The van der Waals surface area contributed by atoms with Gasteiger partial charge in [-0.2, -0.15) is 5.10 Å². The maximum Gasteiger partial charge on any atom is 0.260 e. The molecule has 2 rings (SSSR count). The molecule has 106 valence electrons. The average molecular weight is 266 g/mol. The third-order valence-corrected chi connectivity index (χ3v) is 3.76. The van der Waals surface area contributed by atoms with Crippen LogP contribution in [-0.4, -0.2) is 53.4 Å². The molecule has 1 fully saturated rings. The molecule has 1 aliphatic rings. The molecule has 1 aromatic heterocycles. The standard InChI is InChI=1S/C13H22N4O2/c1-9-13(10(2)17(4)15-9)19-8-12(18)16(3)11-5-6-14-7-11/h11,14H,5-8H2,1-4H3. The zero-order valence-electron chi connectivity index (χ0n) is 12.1. The number of aryl methyl sites for hydroxylation is 2. The Morgan fingerprint density at radius 3 is 2.84 bits per heavy atom. The van der Waals surface area contributed by atoms with Crippen LogP contribution in [0.4, 0.5) is 0 Å². The second kappa shape index (κ2) is 5.61. The molecule has 0 aromatic carbocycles. The predicted octanol–water partition coefficient (Wildman–Crippen LogP) is 0.236. The van der Waals surface area contributed by atoms with E-state index in [9.17, 15) is 4.79 Å². The summed E-state index contributed by atoms with van der Waals surface area (Å²) in [6.07, 6.45) is 1.01. The molecule has 2 heterocycles. The molecule has 0 bridgehead atoms. The lowest BCUT2D eigenvalue weighted by molar-refractivity contribution is -0.133. The highest BCUT2D eigenvalue weighted by atomic mass is 16.5. The molecule has 1 atom stereocenters. The van der Waals surface area contributed by atoms with Crippen LogP contribution in [0.25, 0.3) is 0 Å². The molecule has 0 saturated carbocycles. The van der Waals surface area contributed by atoms with Gasteiger partial charge in [0.25, 0.3) is 5.91 Å². The summed E-state index contributed by atoms with van der Waals surface area (Å²) in [6.45, 7) is 5.74. The molecular weight excluding hydrogens is 244 g/mol. The molecule has 0 aliphatic carbocycles. The lowest BCUT2D eigenvalue weighted by Gasteiger charge is -2.23. The van der Waals surface area contributed by atoms with Crippen LogP contribution in [0, 0.1) is 13.8 Å². The van der Waals surface area contributed by atoms with Crippen molar-refractivity contribution in [3.8, 4) is 5.75 Å². The Balaban J connectivity index is 1.92. The van der Waals surface area contributed by atoms with Gasteiger partial charge in [-0.15, -0.1) is 0 Å². The zero-order chi connectivity index (χ0) is 14.0. The highest BCUT2D eigenvalue weighted by Crippen LogP contribution is 2.21. The third kappa shape index (κ3) is 2.89. The Morgan fingerprint density at radius 1 is 1.58 bits per heavy atom. The van der Waals surface area contributed by atoms with Crippen LogP contribution in [0.3, 0.4) is 0 Å². The van der Waals surface area contributed by atoms with Crippen LogP contribution in [0.15, 0.2) is 0 Å². The van der Waals surface area contributed by atoms with Crippen LogP contribution >= 0.6 is 0 Å². The van der Waals surface area contributed by atoms with Crippen molar-refractivity contribution >= 4 is 5.91 Å². The van der Waals surface area contributed by atoms with Crippen molar-refractivity contribution in [3.63, 3.8) is 0 Å². The van der Waals surface area contributed by atoms with Crippen LogP contribution in [-0.2, 0) is 11.8 Å². The van der Waals surface area contributed by atoms with E-state index in [1.807, 2.05) is 27.9 Å². The van der Waals surface area contributed by atoms with E-state index in [0.717, 1.165) is 30.9 Å². The summed E-state index contributed by atoms with van der Waals surface area (Å²) < 4.78 is 7.40. The van der Waals surface area contributed by atoms with Crippen molar-refractivity contribution in [3.05, 3.63) is 11.4 Å². The molecular formula is C13H22N4O2. The fourth-order valence-electron chi connectivity index (χ4n) is 2.37. The number of hydrogen-bond donors (Lipinski definition) is 1. The SMILES string of the molecule is Cc1nn(C)c(C)c1OCC(=O)N(C)C1CCNC1. The van der Waals surface area contributed by atoms with E-state index in [4.69, 9.17) is 4.74 Å². The van der Waals surface area contributed by atoms with Crippen molar-refractivity contribution < 1.29 is 9.53 Å². The van der Waals surface area contributed by atoms with E-state index >= 15 is 0 Å². The van der Waals surface area contributed by atoms with Gasteiger partial charge in [0.1, 0.15) is 5.69 Å². The van der Waals surface area contributed by atoms with Gasteiger partial charge in [0, 0.05) is 26.7 Å².